The molecule has 0 saturated heterocycles. The van der Waals surface area contributed by atoms with Crippen molar-refractivity contribution >= 4 is 0 Å². The summed E-state index contributed by atoms with van der Waals surface area (Å²) in [5.41, 5.74) is 0. The van der Waals surface area contributed by atoms with Gasteiger partial charge in [-0.15, -0.1) is 0 Å². The van der Waals surface area contributed by atoms with Crippen LogP contribution >= 0.6 is 0 Å². The molecule has 0 aromatic rings. The monoisotopic (exact) mass is 354 g/mol. The summed E-state index contributed by atoms with van der Waals surface area (Å²) in [6.45, 7) is 9.74. The maximum atomic E-state index is 2.44. The van der Waals surface area contributed by atoms with Crippen LogP contribution in [0.4, 0.5) is 0 Å². The van der Waals surface area contributed by atoms with Crippen molar-refractivity contribution in [3.8, 4) is 0 Å². The highest BCUT2D eigenvalue weighted by molar-refractivity contribution is 4.55. The van der Waals surface area contributed by atoms with Crippen LogP contribution in [0.15, 0.2) is 0 Å². The fourth-order valence-corrected chi connectivity index (χ4v) is 4.00. The van der Waals surface area contributed by atoms with E-state index in [0.29, 0.717) is 0 Å². The molecule has 0 spiro atoms. The first-order valence-electron chi connectivity index (χ1n) is 11.9. The third-order valence-corrected chi connectivity index (χ3v) is 6.15. The van der Waals surface area contributed by atoms with Gasteiger partial charge in [-0.25, -0.2) is 0 Å². The van der Waals surface area contributed by atoms with Crippen LogP contribution in [0.1, 0.15) is 124 Å². The maximum absolute atomic E-state index is 2.44. The number of rotatable bonds is 19. The lowest BCUT2D eigenvalue weighted by atomic mass is 9.97. The quantitative estimate of drug-likeness (QED) is 0.163. The van der Waals surface area contributed by atoms with Crippen molar-refractivity contribution in [1.82, 2.24) is 0 Å². The molecule has 0 aliphatic rings. The zero-order valence-electron chi connectivity index (χ0n) is 18.8. The van der Waals surface area contributed by atoms with Crippen LogP contribution in [0, 0.1) is 5.92 Å². The first-order valence-corrected chi connectivity index (χ1v) is 11.9. The Morgan fingerprint density at radius 3 is 1.36 bits per heavy atom. The molecule has 0 atom stereocenters. The Labute approximate surface area is 161 Å². The molecule has 0 aliphatic carbocycles. The average Bonchev–Trinajstić information content (AvgIpc) is 2.59. The van der Waals surface area contributed by atoms with Crippen LogP contribution in [0.5, 0.6) is 0 Å². The zero-order valence-corrected chi connectivity index (χ0v) is 18.8. The molecule has 0 fully saturated rings. The lowest BCUT2D eigenvalue weighted by Gasteiger charge is -2.30. The van der Waals surface area contributed by atoms with E-state index in [4.69, 9.17) is 0 Å². The Balaban J connectivity index is 3.39. The minimum atomic E-state index is 0.964. The van der Waals surface area contributed by atoms with Crippen LogP contribution in [0.2, 0.25) is 0 Å². The molecule has 0 unspecified atom stereocenters. The number of hydrogen-bond acceptors (Lipinski definition) is 0. The topological polar surface area (TPSA) is 0 Å². The van der Waals surface area contributed by atoms with Gasteiger partial charge in [0.1, 0.15) is 0 Å². The van der Waals surface area contributed by atoms with Crippen LogP contribution in [-0.4, -0.2) is 31.7 Å². The van der Waals surface area contributed by atoms with E-state index in [1.165, 1.54) is 120 Å². The second-order valence-corrected chi connectivity index (χ2v) is 9.10. The molecule has 0 amide bonds. The van der Waals surface area contributed by atoms with Gasteiger partial charge in [-0.2, -0.15) is 0 Å². The van der Waals surface area contributed by atoms with Crippen LogP contribution in [0.25, 0.3) is 0 Å². The maximum Gasteiger partial charge on any atom is 0.0782 e. The molecule has 1 heteroatoms. The summed E-state index contributed by atoms with van der Waals surface area (Å²) in [5, 5.41) is 0. The van der Waals surface area contributed by atoms with Crippen molar-refractivity contribution in [2.24, 2.45) is 5.92 Å². The molecule has 0 radical (unpaired) electrons. The highest BCUT2D eigenvalue weighted by Gasteiger charge is 2.15. The fraction of sp³-hybridized carbons (Fsp3) is 1.00. The van der Waals surface area contributed by atoms with Crippen molar-refractivity contribution in [3.05, 3.63) is 0 Å². The number of nitrogens with zero attached hydrogens (tertiary/aromatic N) is 1. The summed E-state index contributed by atoms with van der Waals surface area (Å²) in [6.07, 6.45) is 23.0. The summed E-state index contributed by atoms with van der Waals surface area (Å²) in [7, 11) is 4.87. The predicted octanol–water partition coefficient (Wildman–Crippen LogP) is 7.98. The molecule has 0 rings (SSSR count). The summed E-state index contributed by atoms with van der Waals surface area (Å²) in [4.78, 5) is 0. The van der Waals surface area contributed by atoms with Gasteiger partial charge in [-0.1, -0.05) is 97.8 Å². The van der Waals surface area contributed by atoms with E-state index in [-0.39, 0.29) is 0 Å². The van der Waals surface area contributed by atoms with Crippen molar-refractivity contribution in [2.75, 3.05) is 27.2 Å². The SMILES string of the molecule is CCCCCCCCCCCCCC[N+](C)(C)CCCC(CC)CC. The summed E-state index contributed by atoms with van der Waals surface area (Å²) in [5.74, 6) is 0.964. The van der Waals surface area contributed by atoms with Crippen molar-refractivity contribution < 1.29 is 4.48 Å². The number of hydrogen-bond donors (Lipinski definition) is 0. The molecule has 0 N–H and O–H groups in total. The lowest BCUT2D eigenvalue weighted by molar-refractivity contribution is -0.890. The van der Waals surface area contributed by atoms with E-state index in [2.05, 4.69) is 34.9 Å². The molecule has 0 aliphatic heterocycles. The minimum Gasteiger partial charge on any atom is -0.328 e. The van der Waals surface area contributed by atoms with Gasteiger partial charge in [0.15, 0.2) is 0 Å². The van der Waals surface area contributed by atoms with Gasteiger partial charge >= 0.3 is 0 Å². The van der Waals surface area contributed by atoms with E-state index in [1.54, 1.807) is 0 Å². The Bertz CT molecular complexity index is 255. The Hall–Kier alpha value is -0.0400. The van der Waals surface area contributed by atoms with Gasteiger partial charge in [0.2, 0.25) is 0 Å². The molecule has 152 valence electrons. The van der Waals surface area contributed by atoms with Crippen LogP contribution in [-0.2, 0) is 0 Å². The first-order chi connectivity index (χ1) is 12.1. The van der Waals surface area contributed by atoms with E-state index in [0.717, 1.165) is 5.92 Å². The highest BCUT2D eigenvalue weighted by atomic mass is 15.3. The summed E-state index contributed by atoms with van der Waals surface area (Å²) < 4.78 is 1.23. The molecule has 0 aromatic heterocycles. The summed E-state index contributed by atoms with van der Waals surface area (Å²) >= 11 is 0. The van der Waals surface area contributed by atoms with Gasteiger partial charge in [0.25, 0.3) is 0 Å². The molecule has 0 heterocycles. The molecular weight excluding hydrogens is 302 g/mol. The molecule has 0 saturated carbocycles. The average molecular weight is 355 g/mol. The third kappa shape index (κ3) is 17.1. The Kier molecular flexibility index (Phi) is 17.3. The Morgan fingerprint density at radius 1 is 0.520 bits per heavy atom. The second kappa shape index (κ2) is 17.4. The van der Waals surface area contributed by atoms with Crippen LogP contribution in [0.3, 0.4) is 0 Å². The predicted molar refractivity (Wildman–Crippen MR) is 116 cm³/mol. The van der Waals surface area contributed by atoms with Crippen molar-refractivity contribution in [3.63, 3.8) is 0 Å². The van der Waals surface area contributed by atoms with Gasteiger partial charge in [0, 0.05) is 0 Å². The zero-order chi connectivity index (χ0) is 18.8. The van der Waals surface area contributed by atoms with Crippen LogP contribution < -0.4 is 0 Å². The third-order valence-electron chi connectivity index (χ3n) is 6.15. The van der Waals surface area contributed by atoms with Gasteiger partial charge in [-0.05, 0) is 31.6 Å². The van der Waals surface area contributed by atoms with Gasteiger partial charge in [0.05, 0.1) is 27.2 Å². The highest BCUT2D eigenvalue weighted by Crippen LogP contribution is 2.17. The Morgan fingerprint density at radius 2 is 0.920 bits per heavy atom. The summed E-state index contributed by atoms with van der Waals surface area (Å²) in [6, 6.07) is 0. The van der Waals surface area contributed by atoms with E-state index in [1.807, 2.05) is 0 Å². The molecular formula is C24H52N+. The molecule has 0 bridgehead atoms. The van der Waals surface area contributed by atoms with E-state index in [9.17, 15) is 0 Å². The molecule has 25 heavy (non-hydrogen) atoms. The van der Waals surface area contributed by atoms with E-state index >= 15 is 0 Å². The lowest BCUT2D eigenvalue weighted by Crippen LogP contribution is -2.41. The smallest absolute Gasteiger partial charge is 0.0782 e. The largest absolute Gasteiger partial charge is 0.328 e. The first kappa shape index (κ1) is 25.0. The minimum absolute atomic E-state index is 0.964. The second-order valence-electron chi connectivity index (χ2n) is 9.10. The van der Waals surface area contributed by atoms with Gasteiger partial charge in [-0.3, -0.25) is 0 Å². The standard InChI is InChI=1S/C24H52N/c1-6-9-10-11-12-13-14-15-16-17-18-19-22-25(4,5)23-20-21-24(7-2)8-3/h24H,6-23H2,1-5H3/q+1. The molecule has 0 aromatic carbocycles. The molecule has 1 nitrogen and oxygen atoms in total. The number of quaternary nitrogens is 1. The van der Waals surface area contributed by atoms with Crippen molar-refractivity contribution in [2.45, 2.75) is 124 Å². The fourth-order valence-electron chi connectivity index (χ4n) is 4.00. The number of unbranched alkanes of at least 4 members (excludes halogenated alkanes) is 11. The van der Waals surface area contributed by atoms with Crippen molar-refractivity contribution in [1.29, 1.82) is 0 Å². The van der Waals surface area contributed by atoms with E-state index < -0.39 is 0 Å². The van der Waals surface area contributed by atoms with Gasteiger partial charge < -0.3 is 4.48 Å². The normalized spacial score (nSPS) is 12.2.